The Balaban J connectivity index is 2.08. The largest absolute Gasteiger partial charge is 0.497 e. The fraction of sp³-hybridized carbons (Fsp3) is 0.600. The van der Waals surface area contributed by atoms with Gasteiger partial charge in [-0.3, -0.25) is 0 Å². The normalized spacial score (nSPS) is 18.4. The van der Waals surface area contributed by atoms with Gasteiger partial charge in [-0.2, -0.15) is 0 Å². The molecule has 2 atom stereocenters. The van der Waals surface area contributed by atoms with E-state index in [1.165, 1.54) is 24.6 Å². The minimum Gasteiger partial charge on any atom is -0.497 e. The van der Waals surface area contributed by atoms with Crippen molar-refractivity contribution in [3.8, 4) is 5.75 Å². The highest BCUT2D eigenvalue weighted by atomic mass is 31.1. The molecule has 1 aromatic rings. The summed E-state index contributed by atoms with van der Waals surface area (Å²) in [6.45, 7) is 5.16. The first-order valence-electron chi connectivity index (χ1n) is 6.72. The first kappa shape index (κ1) is 13.8. The Labute approximate surface area is 112 Å². The molecule has 0 saturated heterocycles. The number of ether oxygens (including phenoxy) is 1. The summed E-state index contributed by atoms with van der Waals surface area (Å²) in [5.41, 5.74) is 1.42. The molecule has 1 aromatic carbocycles. The van der Waals surface area contributed by atoms with Crippen LogP contribution in [0.25, 0.3) is 0 Å². The summed E-state index contributed by atoms with van der Waals surface area (Å²) in [5, 5.41) is 0. The Morgan fingerprint density at radius 1 is 1.39 bits per heavy atom. The van der Waals surface area contributed by atoms with Crippen LogP contribution in [0.1, 0.15) is 31.2 Å². The van der Waals surface area contributed by atoms with E-state index in [9.17, 15) is 0 Å². The molecule has 100 valence electrons. The van der Waals surface area contributed by atoms with Crippen molar-refractivity contribution in [3.05, 3.63) is 29.8 Å². The van der Waals surface area contributed by atoms with E-state index in [1.54, 1.807) is 7.11 Å². The van der Waals surface area contributed by atoms with Crippen molar-refractivity contribution in [2.75, 3.05) is 26.5 Å². The second-order valence-electron chi connectivity index (χ2n) is 4.95. The van der Waals surface area contributed by atoms with Crippen LogP contribution in [0.4, 0.5) is 0 Å². The number of methoxy groups -OCH3 is 1. The Hall–Kier alpha value is -0.590. The second-order valence-corrected chi connectivity index (χ2v) is 6.83. The number of hydrogen-bond donors (Lipinski definition) is 0. The number of benzene rings is 1. The molecule has 1 saturated carbocycles. The van der Waals surface area contributed by atoms with E-state index < -0.39 is 0 Å². The number of rotatable bonds is 7. The van der Waals surface area contributed by atoms with Gasteiger partial charge in [0.2, 0.25) is 0 Å². The molecule has 0 N–H and O–H groups in total. The predicted molar refractivity (Wildman–Crippen MR) is 77.8 cm³/mol. The molecule has 0 radical (unpaired) electrons. The fourth-order valence-electron chi connectivity index (χ4n) is 2.45. The van der Waals surface area contributed by atoms with Gasteiger partial charge in [0, 0.05) is 14.8 Å². The average molecular weight is 266 g/mol. The van der Waals surface area contributed by atoms with Crippen LogP contribution in [0.2, 0.25) is 0 Å². The molecule has 0 amide bonds. The van der Waals surface area contributed by atoms with E-state index in [0.29, 0.717) is 5.92 Å². The standard InChI is InChI=1S/C15H23O2P/c1-4-17-18(3)11-15(12-8-9-12)13-6-5-7-14(10-13)16-2/h5-7,10,12,15H,4,8-9,11H2,1-3H3. The molecule has 18 heavy (non-hydrogen) atoms. The van der Waals surface area contributed by atoms with E-state index in [4.69, 9.17) is 9.26 Å². The summed E-state index contributed by atoms with van der Waals surface area (Å²) in [6.07, 6.45) is 3.93. The SMILES string of the molecule is CCOP(C)CC(c1cccc(OC)c1)C1CC1. The van der Waals surface area contributed by atoms with Gasteiger partial charge in [0.1, 0.15) is 5.75 Å². The molecule has 0 bridgehead atoms. The van der Waals surface area contributed by atoms with Crippen molar-refractivity contribution in [2.24, 2.45) is 5.92 Å². The second kappa shape index (κ2) is 6.54. The highest BCUT2D eigenvalue weighted by Crippen LogP contribution is 2.49. The van der Waals surface area contributed by atoms with Gasteiger partial charge in [0.15, 0.2) is 0 Å². The molecular formula is C15H23O2P. The number of hydrogen-bond acceptors (Lipinski definition) is 2. The third-order valence-electron chi connectivity index (χ3n) is 3.52. The lowest BCUT2D eigenvalue weighted by Crippen LogP contribution is -2.07. The van der Waals surface area contributed by atoms with E-state index >= 15 is 0 Å². The molecule has 1 fully saturated rings. The van der Waals surface area contributed by atoms with Gasteiger partial charge < -0.3 is 9.26 Å². The van der Waals surface area contributed by atoms with Crippen LogP contribution in [0.15, 0.2) is 24.3 Å². The first-order chi connectivity index (χ1) is 8.74. The van der Waals surface area contributed by atoms with E-state index in [0.717, 1.165) is 18.3 Å². The fourth-order valence-corrected chi connectivity index (χ4v) is 4.06. The highest BCUT2D eigenvalue weighted by Gasteiger charge is 2.33. The van der Waals surface area contributed by atoms with Crippen LogP contribution in [0.3, 0.4) is 0 Å². The monoisotopic (exact) mass is 266 g/mol. The lowest BCUT2D eigenvalue weighted by molar-refractivity contribution is 0.377. The molecule has 1 aliphatic carbocycles. The molecule has 2 nitrogen and oxygen atoms in total. The zero-order chi connectivity index (χ0) is 13.0. The summed E-state index contributed by atoms with van der Waals surface area (Å²) in [7, 11) is 1.44. The quantitative estimate of drug-likeness (QED) is 0.687. The molecule has 2 rings (SSSR count). The maximum atomic E-state index is 5.76. The van der Waals surface area contributed by atoms with Crippen molar-refractivity contribution in [1.82, 2.24) is 0 Å². The average Bonchev–Trinajstić information content (AvgIpc) is 3.20. The Morgan fingerprint density at radius 3 is 2.78 bits per heavy atom. The van der Waals surface area contributed by atoms with Crippen LogP contribution < -0.4 is 4.74 Å². The maximum absolute atomic E-state index is 5.76. The van der Waals surface area contributed by atoms with Crippen molar-refractivity contribution < 1.29 is 9.26 Å². The smallest absolute Gasteiger partial charge is 0.119 e. The van der Waals surface area contributed by atoms with Crippen molar-refractivity contribution >= 4 is 8.15 Å². The third kappa shape index (κ3) is 3.70. The summed E-state index contributed by atoms with van der Waals surface area (Å²) in [6, 6.07) is 8.55. The molecule has 0 aliphatic heterocycles. The zero-order valence-corrected chi connectivity index (χ0v) is 12.5. The lowest BCUT2D eigenvalue weighted by atomic mass is 9.96. The Morgan fingerprint density at radius 2 is 2.17 bits per heavy atom. The molecular weight excluding hydrogens is 243 g/mol. The molecule has 0 spiro atoms. The van der Waals surface area contributed by atoms with Crippen molar-refractivity contribution in [3.63, 3.8) is 0 Å². The van der Waals surface area contributed by atoms with E-state index in [1.807, 2.05) is 6.07 Å². The zero-order valence-electron chi connectivity index (χ0n) is 11.6. The van der Waals surface area contributed by atoms with E-state index in [-0.39, 0.29) is 8.15 Å². The third-order valence-corrected chi connectivity index (χ3v) is 5.12. The highest BCUT2D eigenvalue weighted by molar-refractivity contribution is 7.51. The Bertz CT molecular complexity index is 377. The van der Waals surface area contributed by atoms with E-state index in [2.05, 4.69) is 31.8 Å². The molecule has 3 heteroatoms. The molecule has 1 aliphatic rings. The van der Waals surface area contributed by atoms with Gasteiger partial charge in [-0.15, -0.1) is 0 Å². The van der Waals surface area contributed by atoms with Crippen LogP contribution >= 0.6 is 8.15 Å². The molecule has 0 aromatic heterocycles. The summed E-state index contributed by atoms with van der Waals surface area (Å²) >= 11 is 0. The molecule has 2 unspecified atom stereocenters. The van der Waals surface area contributed by atoms with Crippen LogP contribution in [0, 0.1) is 5.92 Å². The van der Waals surface area contributed by atoms with Crippen LogP contribution in [-0.4, -0.2) is 26.5 Å². The van der Waals surface area contributed by atoms with Crippen molar-refractivity contribution in [2.45, 2.75) is 25.7 Å². The summed E-state index contributed by atoms with van der Waals surface area (Å²) in [4.78, 5) is 0. The van der Waals surface area contributed by atoms with Crippen molar-refractivity contribution in [1.29, 1.82) is 0 Å². The van der Waals surface area contributed by atoms with Gasteiger partial charge in [0.05, 0.1) is 7.11 Å². The first-order valence-corrected chi connectivity index (χ1v) is 8.61. The molecule has 0 heterocycles. The topological polar surface area (TPSA) is 18.5 Å². The van der Waals surface area contributed by atoms with Gasteiger partial charge in [-0.05, 0) is 62.1 Å². The minimum absolute atomic E-state index is 0.291. The maximum Gasteiger partial charge on any atom is 0.119 e. The minimum atomic E-state index is -0.291. The Kier molecular flexibility index (Phi) is 5.03. The lowest BCUT2D eigenvalue weighted by Gasteiger charge is -2.21. The predicted octanol–water partition coefficient (Wildman–Crippen LogP) is 4.25. The van der Waals surface area contributed by atoms with Crippen LogP contribution in [-0.2, 0) is 4.52 Å². The summed E-state index contributed by atoms with van der Waals surface area (Å²) < 4.78 is 11.1. The van der Waals surface area contributed by atoms with Crippen LogP contribution in [0.5, 0.6) is 5.75 Å². The van der Waals surface area contributed by atoms with Gasteiger partial charge in [0.25, 0.3) is 0 Å². The van der Waals surface area contributed by atoms with Gasteiger partial charge in [-0.1, -0.05) is 12.1 Å². The summed E-state index contributed by atoms with van der Waals surface area (Å²) in [5.74, 6) is 2.49. The van der Waals surface area contributed by atoms with Gasteiger partial charge in [-0.25, -0.2) is 0 Å². The van der Waals surface area contributed by atoms with Gasteiger partial charge >= 0.3 is 0 Å².